The Bertz CT molecular complexity index is 835. The van der Waals surface area contributed by atoms with Gasteiger partial charge in [0.05, 0.1) is 0 Å². The number of carboxylic acid groups (broad SMARTS) is 2. The predicted octanol–water partition coefficient (Wildman–Crippen LogP) is 2.09. The third kappa shape index (κ3) is 5.98. The van der Waals surface area contributed by atoms with Gasteiger partial charge in [0.25, 0.3) is 0 Å². The van der Waals surface area contributed by atoms with Gasteiger partial charge in [0.1, 0.15) is 0 Å². The van der Waals surface area contributed by atoms with Crippen LogP contribution in [0, 0.1) is 0 Å². The Kier molecular flexibility index (Phi) is 8.54. The van der Waals surface area contributed by atoms with Crippen molar-refractivity contribution in [3.8, 4) is 0 Å². The fourth-order valence-electron chi connectivity index (χ4n) is 3.20. The van der Waals surface area contributed by atoms with E-state index in [1.54, 1.807) is 17.9 Å². The zero-order valence-electron chi connectivity index (χ0n) is 18.1. The standard InChI is InChI=1S/2C6H5.2C5H11NO2S.Sn/c2*1-2-4-6-5-3-1;2*1-5(2,9)3(6)4(7)8;/h2*1-5H;2*3,9H,6H2,1-2H3,(H,7,8);/q;;;;+2/p-2/t;;2*3-;/m..11./s1. The van der Waals surface area contributed by atoms with Crippen LogP contribution in [0.25, 0.3) is 0 Å². The molecule has 2 atom stereocenters. The van der Waals surface area contributed by atoms with Gasteiger partial charge in [-0.2, -0.15) is 0 Å². The van der Waals surface area contributed by atoms with E-state index >= 15 is 0 Å². The maximum atomic E-state index is 11.8. The zero-order chi connectivity index (χ0) is 23.4. The summed E-state index contributed by atoms with van der Waals surface area (Å²) in [5.74, 6) is -2.13. The van der Waals surface area contributed by atoms with Gasteiger partial charge >= 0.3 is 194 Å². The van der Waals surface area contributed by atoms with Gasteiger partial charge in [-0.1, -0.05) is 0 Å². The fourth-order valence-corrected chi connectivity index (χ4v) is 42.6. The zero-order valence-corrected chi connectivity index (χ0v) is 22.6. The van der Waals surface area contributed by atoms with Crippen molar-refractivity contribution < 1.29 is 19.8 Å². The Labute approximate surface area is 192 Å². The Morgan fingerprint density at radius 1 is 0.742 bits per heavy atom. The van der Waals surface area contributed by atoms with Crippen LogP contribution in [0.2, 0.25) is 0 Å². The normalized spacial score (nSPS) is 14.6. The Morgan fingerprint density at radius 2 is 1.03 bits per heavy atom. The Balaban J connectivity index is 2.77. The van der Waals surface area contributed by atoms with Crippen LogP contribution in [0.5, 0.6) is 0 Å². The average Bonchev–Trinajstić information content (AvgIpc) is 2.72. The molecule has 0 aromatic heterocycles. The van der Waals surface area contributed by atoms with Crippen molar-refractivity contribution in [2.24, 2.45) is 11.5 Å². The van der Waals surface area contributed by atoms with E-state index in [1.807, 2.05) is 88.4 Å². The summed E-state index contributed by atoms with van der Waals surface area (Å²) in [5.41, 5.74) is 12.2. The van der Waals surface area contributed by atoms with Gasteiger partial charge in [-0.25, -0.2) is 0 Å². The van der Waals surface area contributed by atoms with Crippen LogP contribution in [0.1, 0.15) is 27.7 Å². The number of aliphatic carboxylic acids is 2. The van der Waals surface area contributed by atoms with Gasteiger partial charge in [0.15, 0.2) is 0 Å². The van der Waals surface area contributed by atoms with Crippen molar-refractivity contribution >= 4 is 52.6 Å². The van der Waals surface area contributed by atoms with E-state index in [0.29, 0.717) is 0 Å². The number of carboxylic acids is 2. The van der Waals surface area contributed by atoms with E-state index < -0.39 is 49.1 Å². The summed E-state index contributed by atoms with van der Waals surface area (Å²) >= 11 is -3.93. The van der Waals surface area contributed by atoms with Crippen LogP contribution < -0.4 is 18.6 Å². The summed E-state index contributed by atoms with van der Waals surface area (Å²) in [7, 11) is 3.22. The van der Waals surface area contributed by atoms with Crippen LogP contribution in [0.3, 0.4) is 0 Å². The van der Waals surface area contributed by atoms with Crippen LogP contribution in [0.4, 0.5) is 0 Å². The molecule has 2 rings (SSSR count). The topological polar surface area (TPSA) is 127 Å². The second-order valence-corrected chi connectivity index (χ2v) is 31.2. The van der Waals surface area contributed by atoms with Crippen molar-refractivity contribution in [3.05, 3.63) is 60.7 Å². The molecule has 0 saturated carbocycles. The monoisotopic (exact) mass is 570 g/mol. The molecule has 6 nitrogen and oxygen atoms in total. The molecular formula is C22H30N2O4S2Sn. The predicted molar refractivity (Wildman–Crippen MR) is 132 cm³/mol. The molecule has 0 unspecified atom stereocenters. The number of hydrogen-bond acceptors (Lipinski definition) is 6. The van der Waals surface area contributed by atoms with Gasteiger partial charge in [-0.05, 0) is 0 Å². The van der Waals surface area contributed by atoms with E-state index in [9.17, 15) is 19.8 Å². The van der Waals surface area contributed by atoms with E-state index in [1.165, 1.54) is 0 Å². The number of benzene rings is 2. The van der Waals surface area contributed by atoms with Gasteiger partial charge in [-0.15, -0.1) is 0 Å². The first-order valence-electron chi connectivity index (χ1n) is 9.81. The van der Waals surface area contributed by atoms with E-state index in [4.69, 9.17) is 11.5 Å². The summed E-state index contributed by atoms with van der Waals surface area (Å²) in [6, 6.07) is 17.7. The van der Waals surface area contributed by atoms with Crippen molar-refractivity contribution in [2.75, 3.05) is 0 Å². The van der Waals surface area contributed by atoms with Crippen molar-refractivity contribution in [3.63, 3.8) is 0 Å². The van der Waals surface area contributed by atoms with E-state index in [0.717, 1.165) is 7.16 Å². The summed E-state index contributed by atoms with van der Waals surface area (Å²) < 4.78 is 0.609. The summed E-state index contributed by atoms with van der Waals surface area (Å²) in [5, 5.41) is 19.3. The Hall–Kier alpha value is -1.20. The van der Waals surface area contributed by atoms with Crippen molar-refractivity contribution in [2.45, 2.75) is 49.3 Å². The van der Waals surface area contributed by atoms with Gasteiger partial charge in [-0.3, -0.25) is 0 Å². The second-order valence-electron chi connectivity index (χ2n) is 8.39. The molecule has 0 fully saturated rings. The summed E-state index contributed by atoms with van der Waals surface area (Å²) in [6.07, 6.45) is 0. The number of carbonyl (C=O) groups is 2. The summed E-state index contributed by atoms with van der Waals surface area (Å²) in [6.45, 7) is 7.38. The molecule has 2 aromatic rings. The van der Waals surface area contributed by atoms with Gasteiger partial charge in [0, 0.05) is 0 Å². The average molecular weight is 569 g/mol. The first kappa shape index (κ1) is 26.1. The molecule has 0 aliphatic rings. The van der Waals surface area contributed by atoms with Crippen molar-refractivity contribution in [1.82, 2.24) is 0 Å². The molecule has 0 amide bonds. The van der Waals surface area contributed by atoms with Crippen LogP contribution >= 0.6 is 17.9 Å². The van der Waals surface area contributed by atoms with Crippen molar-refractivity contribution in [1.29, 1.82) is 0 Å². The van der Waals surface area contributed by atoms with Gasteiger partial charge in [0.2, 0.25) is 0 Å². The molecule has 9 heteroatoms. The molecule has 31 heavy (non-hydrogen) atoms. The first-order valence-corrected chi connectivity index (χ1v) is 21.3. The molecule has 0 radical (unpaired) electrons. The molecular weight excluding hydrogens is 539 g/mol. The third-order valence-electron chi connectivity index (χ3n) is 5.15. The number of rotatable bonds is 10. The first-order chi connectivity index (χ1) is 14.3. The minimum absolute atomic E-state index is 0.802. The molecule has 0 saturated heterocycles. The molecule has 2 aromatic carbocycles. The molecule has 0 aliphatic carbocycles. The molecule has 0 bridgehead atoms. The molecule has 0 aliphatic heterocycles. The second kappa shape index (κ2) is 10.2. The van der Waals surface area contributed by atoms with E-state index in [-0.39, 0.29) is 0 Å². The quantitative estimate of drug-likeness (QED) is 0.321. The maximum absolute atomic E-state index is 11.8. The van der Waals surface area contributed by atoms with Gasteiger partial charge < -0.3 is 0 Å². The SMILES string of the molecule is CC(C)([S][Sn]([S]C(C)(C)[C@H](N)C(=O)O)([c]1ccccc1)[c]1ccccc1)[C@H](N)C(=O)O. The van der Waals surface area contributed by atoms with E-state index in [2.05, 4.69) is 0 Å². The molecule has 6 N–H and O–H groups in total. The molecule has 0 spiro atoms. The minimum atomic E-state index is -3.93. The third-order valence-corrected chi connectivity index (χ3v) is 37.1. The number of nitrogens with two attached hydrogens (primary N) is 2. The van der Waals surface area contributed by atoms with Crippen LogP contribution in [-0.4, -0.2) is 59.3 Å². The molecule has 0 heterocycles. The van der Waals surface area contributed by atoms with Crippen LogP contribution in [-0.2, 0) is 9.59 Å². The summed E-state index contributed by atoms with van der Waals surface area (Å²) in [4.78, 5) is 23.5. The number of hydrogen-bond donors (Lipinski definition) is 4. The fraction of sp³-hybridized carbons (Fsp3) is 0.364. The molecule has 168 valence electrons. The van der Waals surface area contributed by atoms with Crippen LogP contribution in [0.15, 0.2) is 60.7 Å². The Morgan fingerprint density at radius 3 is 1.29 bits per heavy atom.